The lowest BCUT2D eigenvalue weighted by Crippen LogP contribution is -2.57. The summed E-state index contributed by atoms with van der Waals surface area (Å²) in [5.74, 6) is -1.73. The van der Waals surface area contributed by atoms with Crippen LogP contribution in [-0.2, 0) is 33.3 Å². The van der Waals surface area contributed by atoms with Gasteiger partial charge in [0.1, 0.15) is 23.4 Å². The number of fused-ring (bicyclic) bond motifs is 5. The Morgan fingerprint density at radius 3 is 2.33 bits per heavy atom. The van der Waals surface area contributed by atoms with Gasteiger partial charge in [-0.1, -0.05) is 17.2 Å². The molecule has 0 spiro atoms. The molecule has 7 nitrogen and oxygen atoms in total. The predicted molar refractivity (Wildman–Crippen MR) is 122 cm³/mol. The second-order valence-corrected chi connectivity index (χ2v) is 10.6. The van der Waals surface area contributed by atoms with E-state index >= 15 is 0 Å². The average molecular weight is 463 g/mol. The molecule has 1 aliphatic carbocycles. The number of rotatable bonds is 4. The van der Waals surface area contributed by atoms with E-state index in [4.69, 9.17) is 18.9 Å². The van der Waals surface area contributed by atoms with E-state index in [0.717, 1.165) is 18.4 Å². The summed E-state index contributed by atoms with van der Waals surface area (Å²) in [6.45, 7) is 13.9. The molecule has 2 heterocycles. The van der Waals surface area contributed by atoms with Gasteiger partial charge in [-0.3, -0.25) is 14.4 Å². The Balaban J connectivity index is 2.20. The Bertz CT molecular complexity index is 870. The Morgan fingerprint density at radius 2 is 1.76 bits per heavy atom. The number of hydrogen-bond acceptors (Lipinski definition) is 7. The summed E-state index contributed by atoms with van der Waals surface area (Å²) in [7, 11) is 0. The Hall–Kier alpha value is -2.15. The second kappa shape index (κ2) is 9.24. The number of ether oxygens (including phenoxy) is 4. The second-order valence-electron chi connectivity index (χ2n) is 10.6. The van der Waals surface area contributed by atoms with Crippen molar-refractivity contribution in [3.63, 3.8) is 0 Å². The highest BCUT2D eigenvalue weighted by Crippen LogP contribution is 2.55. The van der Waals surface area contributed by atoms with Crippen molar-refractivity contribution in [1.82, 2.24) is 0 Å². The topological polar surface area (TPSA) is 88.1 Å². The first-order valence-corrected chi connectivity index (χ1v) is 11.8. The van der Waals surface area contributed by atoms with Gasteiger partial charge in [-0.15, -0.1) is 0 Å². The van der Waals surface area contributed by atoms with Gasteiger partial charge in [0.2, 0.25) is 0 Å². The molecule has 3 rings (SSSR count). The van der Waals surface area contributed by atoms with Crippen LogP contribution in [0.1, 0.15) is 74.7 Å². The lowest BCUT2D eigenvalue weighted by Gasteiger charge is -2.49. The molecule has 2 unspecified atom stereocenters. The number of carbonyl (C=O) groups excluding carboxylic acids is 3. The minimum Gasteiger partial charge on any atom is -0.459 e. The molecule has 184 valence electrons. The van der Waals surface area contributed by atoms with E-state index in [-0.39, 0.29) is 29.8 Å². The third-order valence-corrected chi connectivity index (χ3v) is 7.35. The Labute approximate surface area is 196 Å². The number of allylic oxidation sites excluding steroid dienone is 1. The van der Waals surface area contributed by atoms with Crippen molar-refractivity contribution in [2.45, 2.75) is 104 Å². The van der Waals surface area contributed by atoms with E-state index in [1.807, 2.05) is 33.8 Å². The van der Waals surface area contributed by atoms with Crippen LogP contribution in [0.5, 0.6) is 0 Å². The SMILES string of the molecule is CC(=O)O[C@@H]1C=C(C)C2C([C@H]1C(C)(C)OC(C)=O)[C@H]1O[C@@H]2C/C(C)=C\CC[C@@]1(C)OC(C)=O. The van der Waals surface area contributed by atoms with Gasteiger partial charge in [0.05, 0.1) is 6.10 Å². The smallest absolute Gasteiger partial charge is 0.303 e. The summed E-state index contributed by atoms with van der Waals surface area (Å²) in [6.07, 6.45) is 5.15. The van der Waals surface area contributed by atoms with Crippen LogP contribution in [0.2, 0.25) is 0 Å². The summed E-state index contributed by atoms with van der Waals surface area (Å²) in [4.78, 5) is 36.2. The van der Waals surface area contributed by atoms with Gasteiger partial charge < -0.3 is 18.9 Å². The third kappa shape index (κ3) is 5.18. The first-order chi connectivity index (χ1) is 15.2. The highest BCUT2D eigenvalue weighted by molar-refractivity contribution is 5.67. The van der Waals surface area contributed by atoms with E-state index in [1.54, 1.807) is 0 Å². The van der Waals surface area contributed by atoms with E-state index in [1.165, 1.54) is 26.3 Å². The zero-order chi connectivity index (χ0) is 24.7. The number of esters is 3. The molecular weight excluding hydrogens is 424 g/mol. The van der Waals surface area contributed by atoms with Gasteiger partial charge >= 0.3 is 17.9 Å². The fraction of sp³-hybridized carbons (Fsp3) is 0.731. The molecule has 7 heteroatoms. The fourth-order valence-electron chi connectivity index (χ4n) is 6.41. The molecule has 7 atom stereocenters. The molecule has 1 fully saturated rings. The van der Waals surface area contributed by atoms with Crippen LogP contribution >= 0.6 is 0 Å². The van der Waals surface area contributed by atoms with Crippen molar-refractivity contribution >= 4 is 17.9 Å². The molecule has 0 aromatic heterocycles. The molecular formula is C26H38O7. The lowest BCUT2D eigenvalue weighted by molar-refractivity contribution is -0.191. The maximum atomic E-state index is 12.2. The van der Waals surface area contributed by atoms with Gasteiger partial charge in [-0.2, -0.15) is 0 Å². The summed E-state index contributed by atoms with van der Waals surface area (Å²) in [5.41, 5.74) is 0.479. The van der Waals surface area contributed by atoms with Gasteiger partial charge in [-0.25, -0.2) is 0 Å². The van der Waals surface area contributed by atoms with Crippen molar-refractivity contribution < 1.29 is 33.3 Å². The average Bonchev–Trinajstić information content (AvgIpc) is 3.00. The zero-order valence-corrected chi connectivity index (χ0v) is 21.1. The monoisotopic (exact) mass is 462 g/mol. The Kier molecular flexibility index (Phi) is 7.13. The van der Waals surface area contributed by atoms with Gasteiger partial charge in [0.25, 0.3) is 0 Å². The zero-order valence-electron chi connectivity index (χ0n) is 21.1. The predicted octanol–water partition coefficient (Wildman–Crippen LogP) is 4.29. The molecule has 0 N–H and O–H groups in total. The minimum atomic E-state index is -0.950. The largest absolute Gasteiger partial charge is 0.459 e. The van der Waals surface area contributed by atoms with Crippen LogP contribution in [0.4, 0.5) is 0 Å². The van der Waals surface area contributed by atoms with Crippen LogP contribution < -0.4 is 0 Å². The van der Waals surface area contributed by atoms with Crippen molar-refractivity contribution in [1.29, 1.82) is 0 Å². The highest BCUT2D eigenvalue weighted by Gasteiger charge is 2.62. The maximum absolute atomic E-state index is 12.2. The normalized spacial score (nSPS) is 37.8. The van der Waals surface area contributed by atoms with Crippen molar-refractivity contribution in [3.8, 4) is 0 Å². The minimum absolute atomic E-state index is 0.0120. The molecule has 33 heavy (non-hydrogen) atoms. The molecule has 2 bridgehead atoms. The summed E-state index contributed by atoms with van der Waals surface area (Å²) in [6, 6.07) is 0. The van der Waals surface area contributed by atoms with Gasteiger partial charge in [0, 0.05) is 38.5 Å². The van der Waals surface area contributed by atoms with Crippen molar-refractivity contribution in [2.24, 2.45) is 17.8 Å². The summed E-state index contributed by atoms with van der Waals surface area (Å²) < 4.78 is 24.3. The fourth-order valence-corrected chi connectivity index (χ4v) is 6.41. The van der Waals surface area contributed by atoms with Crippen molar-refractivity contribution in [3.05, 3.63) is 23.3 Å². The number of carbonyl (C=O) groups is 3. The summed E-state index contributed by atoms with van der Waals surface area (Å²) in [5, 5.41) is 0. The van der Waals surface area contributed by atoms with Gasteiger partial charge in [0.15, 0.2) is 0 Å². The molecule has 0 amide bonds. The molecule has 2 aliphatic heterocycles. The van der Waals surface area contributed by atoms with E-state index in [0.29, 0.717) is 6.42 Å². The molecule has 1 saturated heterocycles. The standard InChI is InChI=1S/C26H38O7/c1-14-10-9-11-26(8,33-18(5)29)24-22-21(19(12-14)31-24)15(2)13-20(30-16(3)27)23(22)25(6,7)32-17(4)28/h10,13,19-24H,9,11-12H2,1-8H3/b14-10-/t19-,20-,21?,22?,23+,24-,26-/m1/s1. The van der Waals surface area contributed by atoms with Crippen LogP contribution in [0.25, 0.3) is 0 Å². The van der Waals surface area contributed by atoms with E-state index in [2.05, 4.69) is 13.0 Å². The maximum Gasteiger partial charge on any atom is 0.303 e. The van der Waals surface area contributed by atoms with Crippen LogP contribution in [0.15, 0.2) is 23.3 Å². The first kappa shape index (κ1) is 25.5. The molecule has 0 aromatic rings. The number of hydrogen-bond donors (Lipinski definition) is 0. The van der Waals surface area contributed by atoms with Crippen LogP contribution in [-0.4, -0.2) is 47.4 Å². The quantitative estimate of drug-likeness (QED) is 0.350. The van der Waals surface area contributed by atoms with Crippen LogP contribution in [0.3, 0.4) is 0 Å². The lowest BCUT2D eigenvalue weighted by atomic mass is 9.60. The third-order valence-electron chi connectivity index (χ3n) is 7.35. The van der Waals surface area contributed by atoms with E-state index in [9.17, 15) is 14.4 Å². The summed E-state index contributed by atoms with van der Waals surface area (Å²) >= 11 is 0. The molecule has 0 aromatic carbocycles. The molecule has 3 aliphatic rings. The molecule has 0 radical (unpaired) electrons. The molecule has 0 saturated carbocycles. The Morgan fingerprint density at radius 1 is 1.09 bits per heavy atom. The van der Waals surface area contributed by atoms with Crippen molar-refractivity contribution in [2.75, 3.05) is 0 Å². The highest BCUT2D eigenvalue weighted by atomic mass is 16.6. The van der Waals surface area contributed by atoms with Crippen LogP contribution in [0, 0.1) is 17.8 Å². The first-order valence-electron chi connectivity index (χ1n) is 11.8. The van der Waals surface area contributed by atoms with E-state index < -0.39 is 35.3 Å². The van der Waals surface area contributed by atoms with Gasteiger partial charge in [-0.05, 0) is 60.0 Å².